The highest BCUT2D eigenvalue weighted by Gasteiger charge is 2.21. The number of aryl methyl sites for hydroxylation is 1. The van der Waals surface area contributed by atoms with Gasteiger partial charge in [-0.3, -0.25) is 0 Å². The first-order valence-corrected chi connectivity index (χ1v) is 6.65. The van der Waals surface area contributed by atoms with Crippen LogP contribution in [0.1, 0.15) is 23.5 Å². The van der Waals surface area contributed by atoms with Crippen molar-refractivity contribution >= 4 is 0 Å². The van der Waals surface area contributed by atoms with E-state index in [-0.39, 0.29) is 0 Å². The molecule has 0 saturated carbocycles. The fourth-order valence-corrected chi connectivity index (χ4v) is 2.80. The van der Waals surface area contributed by atoms with E-state index in [1.807, 2.05) is 0 Å². The van der Waals surface area contributed by atoms with E-state index in [9.17, 15) is 0 Å². The van der Waals surface area contributed by atoms with E-state index in [0.29, 0.717) is 6.54 Å². The second-order valence-corrected chi connectivity index (χ2v) is 4.99. The van der Waals surface area contributed by atoms with Gasteiger partial charge < -0.3 is 10.3 Å². The average molecular weight is 241 g/mol. The summed E-state index contributed by atoms with van der Waals surface area (Å²) >= 11 is 0. The van der Waals surface area contributed by atoms with Crippen molar-refractivity contribution in [2.45, 2.75) is 32.7 Å². The summed E-state index contributed by atoms with van der Waals surface area (Å²) in [5, 5.41) is 0. The van der Waals surface area contributed by atoms with Crippen LogP contribution < -0.4 is 5.73 Å². The quantitative estimate of drug-likeness (QED) is 0.896. The number of benzene rings is 1. The molecule has 0 aliphatic carbocycles. The molecule has 2 aromatic rings. The summed E-state index contributed by atoms with van der Waals surface area (Å²) < 4.78 is 2.37. The number of fused-ring (bicyclic) bond motifs is 1. The number of nitrogens with two attached hydrogens (primary N) is 1. The van der Waals surface area contributed by atoms with Crippen LogP contribution in [0.5, 0.6) is 0 Å². The maximum Gasteiger partial charge on any atom is 0.110 e. The minimum absolute atomic E-state index is 0.670. The van der Waals surface area contributed by atoms with E-state index in [0.717, 1.165) is 25.2 Å². The number of rotatable bonds is 3. The van der Waals surface area contributed by atoms with Crippen LogP contribution in [0.3, 0.4) is 0 Å². The highest BCUT2D eigenvalue weighted by atomic mass is 15.1. The molecule has 0 spiro atoms. The molecule has 2 heterocycles. The molecule has 3 rings (SSSR count). The van der Waals surface area contributed by atoms with E-state index in [1.165, 1.54) is 28.9 Å². The Morgan fingerprint density at radius 2 is 2.28 bits per heavy atom. The summed E-state index contributed by atoms with van der Waals surface area (Å²) in [6.45, 7) is 3.90. The lowest BCUT2D eigenvalue weighted by atomic mass is 10.1. The second-order valence-electron chi connectivity index (χ2n) is 4.99. The van der Waals surface area contributed by atoms with E-state index in [2.05, 4.69) is 35.8 Å². The largest absolute Gasteiger partial charge is 0.331 e. The van der Waals surface area contributed by atoms with Gasteiger partial charge in [0.15, 0.2) is 0 Å². The van der Waals surface area contributed by atoms with E-state index >= 15 is 0 Å². The van der Waals surface area contributed by atoms with Crippen molar-refractivity contribution in [3.05, 3.63) is 41.3 Å². The van der Waals surface area contributed by atoms with E-state index in [4.69, 9.17) is 10.7 Å². The fraction of sp³-hybridized carbons (Fsp3) is 0.400. The van der Waals surface area contributed by atoms with Gasteiger partial charge in [-0.05, 0) is 32.4 Å². The van der Waals surface area contributed by atoms with Gasteiger partial charge in [-0.25, -0.2) is 4.98 Å². The molecule has 0 saturated heterocycles. The normalized spacial score (nSPS) is 13.9. The molecular weight excluding hydrogens is 222 g/mol. The summed E-state index contributed by atoms with van der Waals surface area (Å²) in [6.07, 6.45) is 3.24. The summed E-state index contributed by atoms with van der Waals surface area (Å²) in [5.74, 6) is 1.15. The molecule has 3 nitrogen and oxygen atoms in total. The molecule has 1 aromatic heterocycles. The lowest BCUT2D eigenvalue weighted by molar-refractivity contribution is 0.685. The zero-order valence-corrected chi connectivity index (χ0v) is 10.8. The number of hydrogen-bond donors (Lipinski definition) is 1. The summed E-state index contributed by atoms with van der Waals surface area (Å²) in [5.41, 5.74) is 10.8. The predicted molar refractivity (Wildman–Crippen MR) is 73.5 cm³/mol. The molecule has 94 valence electrons. The minimum atomic E-state index is 0.670. The molecule has 3 heteroatoms. The highest BCUT2D eigenvalue weighted by molar-refractivity contribution is 5.63. The number of hydrogen-bond acceptors (Lipinski definition) is 2. The van der Waals surface area contributed by atoms with Crippen LogP contribution in [0.2, 0.25) is 0 Å². The summed E-state index contributed by atoms with van der Waals surface area (Å²) in [6, 6.07) is 8.60. The zero-order valence-electron chi connectivity index (χ0n) is 10.8. The van der Waals surface area contributed by atoms with Gasteiger partial charge in [0.25, 0.3) is 0 Å². The molecule has 1 aliphatic heterocycles. The summed E-state index contributed by atoms with van der Waals surface area (Å²) in [7, 11) is 0. The second kappa shape index (κ2) is 4.58. The predicted octanol–water partition coefficient (Wildman–Crippen LogP) is 2.31. The first-order chi connectivity index (χ1) is 8.79. The molecule has 1 aromatic carbocycles. The number of aromatic nitrogens is 2. The Kier molecular flexibility index (Phi) is 2.92. The Hall–Kier alpha value is -1.61. The van der Waals surface area contributed by atoms with Crippen molar-refractivity contribution < 1.29 is 0 Å². The molecule has 0 amide bonds. The molecule has 0 unspecified atom stereocenters. The van der Waals surface area contributed by atoms with Crippen molar-refractivity contribution in [2.24, 2.45) is 5.73 Å². The van der Waals surface area contributed by atoms with Crippen LogP contribution in [0.15, 0.2) is 24.3 Å². The molecule has 0 fully saturated rings. The van der Waals surface area contributed by atoms with Crippen LogP contribution in [0, 0.1) is 6.92 Å². The van der Waals surface area contributed by atoms with Crippen LogP contribution >= 0.6 is 0 Å². The number of imidazole rings is 1. The first-order valence-electron chi connectivity index (χ1n) is 6.65. The fourth-order valence-electron chi connectivity index (χ4n) is 2.80. The third-order valence-electron chi connectivity index (χ3n) is 3.61. The Balaban J connectivity index is 2.10. The monoisotopic (exact) mass is 241 g/mol. The molecule has 0 radical (unpaired) electrons. The topological polar surface area (TPSA) is 43.8 Å². The summed E-state index contributed by atoms with van der Waals surface area (Å²) in [4.78, 5) is 4.82. The maximum absolute atomic E-state index is 5.67. The van der Waals surface area contributed by atoms with Crippen molar-refractivity contribution in [1.29, 1.82) is 0 Å². The van der Waals surface area contributed by atoms with E-state index in [1.54, 1.807) is 0 Å². The average Bonchev–Trinajstić information content (AvgIpc) is 2.93. The standard InChI is InChI=1S/C15H19N3/c1-11-4-2-5-12(10-11)15-13-6-3-9-18(13)14(17-15)7-8-16/h2,4-5,10H,3,6-9,16H2,1H3. The lowest BCUT2D eigenvalue weighted by Gasteiger charge is -2.01. The van der Waals surface area contributed by atoms with Gasteiger partial charge in [0.05, 0.1) is 5.69 Å². The van der Waals surface area contributed by atoms with Gasteiger partial charge >= 0.3 is 0 Å². The Bertz CT molecular complexity index is 569. The van der Waals surface area contributed by atoms with Crippen molar-refractivity contribution in [3.8, 4) is 11.3 Å². The lowest BCUT2D eigenvalue weighted by Crippen LogP contribution is -2.08. The van der Waals surface area contributed by atoms with Crippen LogP contribution in [0.4, 0.5) is 0 Å². The van der Waals surface area contributed by atoms with Gasteiger partial charge in [-0.2, -0.15) is 0 Å². The van der Waals surface area contributed by atoms with Gasteiger partial charge in [-0.1, -0.05) is 23.8 Å². The van der Waals surface area contributed by atoms with Gasteiger partial charge in [0.1, 0.15) is 5.82 Å². The Morgan fingerprint density at radius 3 is 3.06 bits per heavy atom. The van der Waals surface area contributed by atoms with Gasteiger partial charge in [-0.15, -0.1) is 0 Å². The smallest absolute Gasteiger partial charge is 0.110 e. The van der Waals surface area contributed by atoms with Gasteiger partial charge in [0, 0.05) is 24.2 Å². The maximum atomic E-state index is 5.67. The van der Waals surface area contributed by atoms with Crippen LogP contribution in [0.25, 0.3) is 11.3 Å². The minimum Gasteiger partial charge on any atom is -0.331 e. The molecular formula is C15H19N3. The van der Waals surface area contributed by atoms with Crippen LogP contribution in [-0.2, 0) is 19.4 Å². The Morgan fingerprint density at radius 1 is 1.39 bits per heavy atom. The molecule has 2 N–H and O–H groups in total. The van der Waals surface area contributed by atoms with Gasteiger partial charge in [0.2, 0.25) is 0 Å². The third kappa shape index (κ3) is 1.85. The first kappa shape index (κ1) is 11.5. The SMILES string of the molecule is Cc1cccc(-c2nc(CCN)n3c2CCC3)c1. The molecule has 0 atom stereocenters. The Labute approximate surface area is 108 Å². The zero-order chi connectivity index (χ0) is 12.5. The number of nitrogens with zero attached hydrogens (tertiary/aromatic N) is 2. The van der Waals surface area contributed by atoms with E-state index < -0.39 is 0 Å². The third-order valence-corrected chi connectivity index (χ3v) is 3.61. The highest BCUT2D eigenvalue weighted by Crippen LogP contribution is 2.29. The van der Waals surface area contributed by atoms with Crippen molar-refractivity contribution in [1.82, 2.24) is 9.55 Å². The van der Waals surface area contributed by atoms with Crippen molar-refractivity contribution in [3.63, 3.8) is 0 Å². The van der Waals surface area contributed by atoms with Crippen molar-refractivity contribution in [2.75, 3.05) is 6.54 Å². The molecule has 1 aliphatic rings. The molecule has 0 bridgehead atoms. The molecule has 18 heavy (non-hydrogen) atoms. The van der Waals surface area contributed by atoms with Crippen LogP contribution in [-0.4, -0.2) is 16.1 Å².